The predicted octanol–water partition coefficient (Wildman–Crippen LogP) is 2.45. The van der Waals surface area contributed by atoms with Crippen LogP contribution in [0, 0.1) is 11.8 Å². The Morgan fingerprint density at radius 3 is 2.81 bits per heavy atom. The summed E-state index contributed by atoms with van der Waals surface area (Å²) in [5, 5.41) is 13.5. The number of nitrogens with one attached hydrogen (secondary N) is 1. The summed E-state index contributed by atoms with van der Waals surface area (Å²) in [5.41, 5.74) is 1.93. The number of carbonyl (C=O) groups is 1. The third-order valence-corrected chi connectivity index (χ3v) is 3.79. The van der Waals surface area contributed by atoms with Gasteiger partial charge in [0.15, 0.2) is 0 Å². The van der Waals surface area contributed by atoms with Gasteiger partial charge in [-0.3, -0.25) is 4.79 Å². The Morgan fingerprint density at radius 2 is 2.05 bits per heavy atom. The summed E-state index contributed by atoms with van der Waals surface area (Å²) in [6.45, 7) is 0.639. The normalized spacial score (nSPS) is 9.76. The van der Waals surface area contributed by atoms with Crippen molar-refractivity contribution in [1.82, 2.24) is 5.32 Å². The summed E-state index contributed by atoms with van der Waals surface area (Å²) in [7, 11) is 0. The molecule has 1 heterocycles. The second kappa shape index (κ2) is 8.25. The predicted molar refractivity (Wildman–Crippen MR) is 85.4 cm³/mol. The molecule has 108 valence electrons. The Balaban J connectivity index is 1.89. The number of aliphatic hydroxyl groups excluding tert-OH is 1. The number of carbonyl (C=O) groups excluding carboxylic acids is 1. The Labute approximate surface area is 128 Å². The van der Waals surface area contributed by atoms with E-state index in [1.807, 2.05) is 41.8 Å². The fourth-order valence-corrected chi connectivity index (χ4v) is 2.61. The lowest BCUT2D eigenvalue weighted by molar-refractivity contribution is 0.0958. The molecule has 0 radical (unpaired) electrons. The van der Waals surface area contributed by atoms with Gasteiger partial charge in [0, 0.05) is 18.5 Å². The summed E-state index contributed by atoms with van der Waals surface area (Å²) in [5.74, 6) is 5.68. The highest BCUT2D eigenvalue weighted by Gasteiger charge is 2.11. The number of amides is 1. The largest absolute Gasteiger partial charge is 0.395 e. The Kier molecular flexibility index (Phi) is 6.01. The zero-order valence-corrected chi connectivity index (χ0v) is 12.5. The molecule has 1 aromatic carbocycles. The van der Waals surface area contributed by atoms with Gasteiger partial charge in [-0.1, -0.05) is 42.2 Å². The molecule has 4 heteroatoms. The van der Waals surface area contributed by atoms with Crippen molar-refractivity contribution < 1.29 is 9.90 Å². The van der Waals surface area contributed by atoms with Gasteiger partial charge in [-0.2, -0.15) is 0 Å². The molecule has 0 saturated carbocycles. The van der Waals surface area contributed by atoms with E-state index in [2.05, 4.69) is 17.2 Å². The zero-order valence-electron chi connectivity index (χ0n) is 11.6. The quantitative estimate of drug-likeness (QED) is 0.833. The summed E-state index contributed by atoms with van der Waals surface area (Å²) < 4.78 is 0. The highest BCUT2D eigenvalue weighted by molar-refractivity contribution is 7.12. The molecule has 0 saturated heterocycles. The first-order valence-corrected chi connectivity index (χ1v) is 7.68. The molecule has 21 heavy (non-hydrogen) atoms. The second-order valence-electron chi connectivity index (χ2n) is 4.43. The van der Waals surface area contributed by atoms with Crippen molar-refractivity contribution in [3.8, 4) is 11.8 Å². The molecule has 0 aliphatic rings. The third kappa shape index (κ3) is 4.75. The van der Waals surface area contributed by atoms with E-state index in [0.29, 0.717) is 17.8 Å². The molecular formula is C17H17NO2S. The van der Waals surface area contributed by atoms with Gasteiger partial charge in [0.25, 0.3) is 5.91 Å². The molecule has 0 aliphatic heterocycles. The van der Waals surface area contributed by atoms with Crippen molar-refractivity contribution in [2.45, 2.75) is 12.8 Å². The number of aliphatic hydroxyl groups is 1. The van der Waals surface area contributed by atoms with E-state index in [0.717, 1.165) is 12.0 Å². The van der Waals surface area contributed by atoms with E-state index in [4.69, 9.17) is 5.11 Å². The van der Waals surface area contributed by atoms with Crippen LogP contribution >= 0.6 is 11.3 Å². The molecule has 0 aliphatic carbocycles. The number of benzene rings is 1. The van der Waals surface area contributed by atoms with Crippen LogP contribution in [0.15, 0.2) is 41.8 Å². The summed E-state index contributed by atoms with van der Waals surface area (Å²) in [4.78, 5) is 12.8. The minimum Gasteiger partial charge on any atom is -0.395 e. The zero-order chi connectivity index (χ0) is 14.9. The molecule has 0 atom stereocenters. The maximum Gasteiger partial charge on any atom is 0.262 e. The number of rotatable bonds is 5. The van der Waals surface area contributed by atoms with Crippen LogP contribution in [-0.4, -0.2) is 24.2 Å². The van der Waals surface area contributed by atoms with E-state index in [-0.39, 0.29) is 12.5 Å². The average molecular weight is 299 g/mol. The minimum absolute atomic E-state index is 0.0374. The first-order chi connectivity index (χ1) is 10.3. The molecule has 0 spiro atoms. The van der Waals surface area contributed by atoms with Crippen molar-refractivity contribution >= 4 is 17.2 Å². The average Bonchev–Trinajstić information content (AvgIpc) is 2.97. The maximum absolute atomic E-state index is 12.1. The highest BCUT2D eigenvalue weighted by atomic mass is 32.1. The topological polar surface area (TPSA) is 49.3 Å². The highest BCUT2D eigenvalue weighted by Crippen LogP contribution is 2.15. The fourth-order valence-electron chi connectivity index (χ4n) is 1.84. The van der Waals surface area contributed by atoms with Crippen molar-refractivity contribution in [2.24, 2.45) is 0 Å². The molecule has 0 unspecified atom stereocenters. The minimum atomic E-state index is -0.0887. The monoisotopic (exact) mass is 299 g/mol. The first-order valence-electron chi connectivity index (χ1n) is 6.80. The van der Waals surface area contributed by atoms with Gasteiger partial charge in [-0.25, -0.2) is 0 Å². The second-order valence-corrected chi connectivity index (χ2v) is 5.35. The van der Waals surface area contributed by atoms with Crippen LogP contribution in [0.3, 0.4) is 0 Å². The Bertz CT molecular complexity index is 638. The summed E-state index contributed by atoms with van der Waals surface area (Å²) in [6, 6.07) is 11.9. The van der Waals surface area contributed by atoms with Gasteiger partial charge in [-0.05, 0) is 23.4 Å². The van der Waals surface area contributed by atoms with Crippen molar-refractivity contribution in [3.63, 3.8) is 0 Å². The number of hydrogen-bond donors (Lipinski definition) is 2. The molecule has 2 rings (SSSR count). The van der Waals surface area contributed by atoms with Gasteiger partial charge in [0.1, 0.15) is 4.88 Å². The van der Waals surface area contributed by atoms with Gasteiger partial charge >= 0.3 is 0 Å². The van der Waals surface area contributed by atoms with Crippen LogP contribution < -0.4 is 5.32 Å². The smallest absolute Gasteiger partial charge is 0.262 e. The summed E-state index contributed by atoms with van der Waals surface area (Å²) in [6.07, 6.45) is 1.23. The summed E-state index contributed by atoms with van der Waals surface area (Å²) >= 11 is 1.38. The molecule has 2 aromatic rings. The van der Waals surface area contributed by atoms with Crippen LogP contribution in [0.2, 0.25) is 0 Å². The van der Waals surface area contributed by atoms with E-state index in [1.54, 1.807) is 0 Å². The lowest BCUT2D eigenvalue weighted by Gasteiger charge is -2.04. The van der Waals surface area contributed by atoms with E-state index < -0.39 is 0 Å². The molecule has 0 bridgehead atoms. The van der Waals surface area contributed by atoms with Crippen LogP contribution in [0.4, 0.5) is 0 Å². The standard InChI is InChI=1S/C17H17NO2S/c19-12-5-4-8-15-10-13-21-16(15)17(20)18-11-9-14-6-2-1-3-7-14/h1-3,6-7,10,13,19H,5,9,11-12H2,(H,18,20). The van der Waals surface area contributed by atoms with Gasteiger partial charge in [0.2, 0.25) is 0 Å². The number of thiophene rings is 1. The van der Waals surface area contributed by atoms with Gasteiger partial charge in [0.05, 0.1) is 6.61 Å². The SMILES string of the molecule is O=C(NCCc1ccccc1)c1sccc1C#CCCO. The lowest BCUT2D eigenvalue weighted by atomic mass is 10.1. The molecule has 2 N–H and O–H groups in total. The van der Waals surface area contributed by atoms with Gasteiger partial charge in [-0.15, -0.1) is 11.3 Å². The van der Waals surface area contributed by atoms with Crippen LogP contribution in [-0.2, 0) is 6.42 Å². The Morgan fingerprint density at radius 1 is 1.24 bits per heavy atom. The van der Waals surface area contributed by atoms with E-state index in [1.165, 1.54) is 16.9 Å². The fraction of sp³-hybridized carbons (Fsp3) is 0.235. The van der Waals surface area contributed by atoms with Crippen LogP contribution in [0.5, 0.6) is 0 Å². The first kappa shape index (κ1) is 15.3. The molecule has 0 fully saturated rings. The van der Waals surface area contributed by atoms with Gasteiger partial charge < -0.3 is 10.4 Å². The van der Waals surface area contributed by atoms with Crippen LogP contribution in [0.25, 0.3) is 0 Å². The molecule has 3 nitrogen and oxygen atoms in total. The third-order valence-electron chi connectivity index (χ3n) is 2.87. The van der Waals surface area contributed by atoms with E-state index in [9.17, 15) is 4.79 Å². The van der Waals surface area contributed by atoms with Crippen LogP contribution in [0.1, 0.15) is 27.2 Å². The maximum atomic E-state index is 12.1. The van der Waals surface area contributed by atoms with Crippen molar-refractivity contribution in [3.05, 3.63) is 57.8 Å². The van der Waals surface area contributed by atoms with Crippen molar-refractivity contribution in [1.29, 1.82) is 0 Å². The number of hydrogen-bond acceptors (Lipinski definition) is 3. The van der Waals surface area contributed by atoms with Crippen molar-refractivity contribution in [2.75, 3.05) is 13.2 Å². The molecule has 1 amide bonds. The molecule has 1 aromatic heterocycles. The lowest BCUT2D eigenvalue weighted by Crippen LogP contribution is -2.25. The molecular weight excluding hydrogens is 282 g/mol. The Hall–Kier alpha value is -2.09. The van der Waals surface area contributed by atoms with E-state index >= 15 is 0 Å².